The second kappa shape index (κ2) is 5.62. The summed E-state index contributed by atoms with van der Waals surface area (Å²) >= 11 is 0. The SMILES string of the molecule is CCn1cc(N)cc1C(=O)NCC(O)C(F)F. The molecular weight excluding hydrogens is 232 g/mol. The minimum atomic E-state index is -2.88. The number of carbonyl (C=O) groups is 1. The molecule has 1 aromatic rings. The zero-order valence-corrected chi connectivity index (χ0v) is 9.36. The average Bonchev–Trinajstić information content (AvgIpc) is 2.66. The Kier molecular flexibility index (Phi) is 4.45. The number of aryl methyl sites for hydroxylation is 1. The molecule has 0 saturated heterocycles. The molecule has 0 aliphatic carbocycles. The van der Waals surface area contributed by atoms with Crippen molar-refractivity contribution in [1.29, 1.82) is 0 Å². The number of amides is 1. The third kappa shape index (κ3) is 3.42. The van der Waals surface area contributed by atoms with Crippen molar-refractivity contribution in [3.05, 3.63) is 18.0 Å². The summed E-state index contributed by atoms with van der Waals surface area (Å²) < 4.78 is 25.6. The minimum Gasteiger partial charge on any atom is -0.397 e. The summed E-state index contributed by atoms with van der Waals surface area (Å²) in [5.74, 6) is -0.539. The van der Waals surface area contributed by atoms with Crippen LogP contribution >= 0.6 is 0 Å². The van der Waals surface area contributed by atoms with E-state index in [0.29, 0.717) is 12.2 Å². The molecule has 0 aliphatic rings. The van der Waals surface area contributed by atoms with Crippen molar-refractivity contribution in [1.82, 2.24) is 9.88 Å². The van der Waals surface area contributed by atoms with Crippen molar-refractivity contribution in [3.8, 4) is 0 Å². The van der Waals surface area contributed by atoms with Crippen LogP contribution in [-0.4, -0.2) is 34.7 Å². The van der Waals surface area contributed by atoms with Crippen LogP contribution in [0.1, 0.15) is 17.4 Å². The molecule has 1 heterocycles. The molecule has 0 radical (unpaired) electrons. The summed E-state index contributed by atoms with van der Waals surface area (Å²) in [5, 5.41) is 11.1. The monoisotopic (exact) mass is 247 g/mol. The van der Waals surface area contributed by atoms with Crippen LogP contribution in [0, 0.1) is 0 Å². The number of alkyl halides is 2. The number of hydrogen-bond acceptors (Lipinski definition) is 3. The second-order valence-electron chi connectivity index (χ2n) is 3.56. The molecular formula is C10H15F2N3O2. The zero-order valence-electron chi connectivity index (χ0n) is 9.36. The number of aromatic nitrogens is 1. The van der Waals surface area contributed by atoms with Gasteiger partial charge in [-0.05, 0) is 13.0 Å². The lowest BCUT2D eigenvalue weighted by Gasteiger charge is -2.11. The molecule has 4 N–H and O–H groups in total. The molecule has 1 amide bonds. The number of halogens is 2. The second-order valence-corrected chi connectivity index (χ2v) is 3.56. The molecule has 1 rings (SSSR count). The molecule has 0 aromatic carbocycles. The number of nitrogens with zero attached hydrogens (tertiary/aromatic N) is 1. The molecule has 1 unspecified atom stereocenters. The van der Waals surface area contributed by atoms with Crippen LogP contribution in [-0.2, 0) is 6.54 Å². The van der Waals surface area contributed by atoms with Gasteiger partial charge in [-0.3, -0.25) is 4.79 Å². The van der Waals surface area contributed by atoms with Gasteiger partial charge in [0.2, 0.25) is 0 Å². The highest BCUT2D eigenvalue weighted by Gasteiger charge is 2.19. The van der Waals surface area contributed by atoms with E-state index in [1.54, 1.807) is 10.8 Å². The first-order valence-corrected chi connectivity index (χ1v) is 5.15. The van der Waals surface area contributed by atoms with Crippen molar-refractivity contribution >= 4 is 11.6 Å². The Bertz CT molecular complexity index is 393. The molecule has 0 saturated carbocycles. The highest BCUT2D eigenvalue weighted by Crippen LogP contribution is 2.10. The maximum Gasteiger partial charge on any atom is 0.268 e. The van der Waals surface area contributed by atoms with E-state index in [1.165, 1.54) is 6.07 Å². The average molecular weight is 247 g/mol. The smallest absolute Gasteiger partial charge is 0.268 e. The van der Waals surface area contributed by atoms with E-state index in [0.717, 1.165) is 0 Å². The number of hydrogen-bond donors (Lipinski definition) is 3. The molecule has 7 heteroatoms. The van der Waals surface area contributed by atoms with Crippen LogP contribution in [0.4, 0.5) is 14.5 Å². The molecule has 17 heavy (non-hydrogen) atoms. The van der Waals surface area contributed by atoms with Crippen molar-refractivity contribution < 1.29 is 18.7 Å². The molecule has 0 fully saturated rings. The zero-order chi connectivity index (χ0) is 13.0. The van der Waals surface area contributed by atoms with Crippen LogP contribution in [0.2, 0.25) is 0 Å². The summed E-state index contributed by atoms with van der Waals surface area (Å²) in [7, 11) is 0. The van der Waals surface area contributed by atoms with Crippen LogP contribution in [0.15, 0.2) is 12.3 Å². The van der Waals surface area contributed by atoms with Crippen LogP contribution in [0.3, 0.4) is 0 Å². The lowest BCUT2D eigenvalue weighted by Crippen LogP contribution is -2.36. The van der Waals surface area contributed by atoms with Gasteiger partial charge in [0.25, 0.3) is 12.3 Å². The molecule has 5 nitrogen and oxygen atoms in total. The molecule has 0 aliphatic heterocycles. The van der Waals surface area contributed by atoms with Gasteiger partial charge in [0.15, 0.2) is 0 Å². The van der Waals surface area contributed by atoms with E-state index in [2.05, 4.69) is 5.32 Å². The molecule has 0 bridgehead atoms. The van der Waals surface area contributed by atoms with E-state index in [4.69, 9.17) is 10.8 Å². The van der Waals surface area contributed by atoms with Crippen molar-refractivity contribution in [2.24, 2.45) is 0 Å². The van der Waals surface area contributed by atoms with Crippen molar-refractivity contribution in [3.63, 3.8) is 0 Å². The van der Waals surface area contributed by atoms with Gasteiger partial charge in [0.05, 0.1) is 5.69 Å². The number of rotatable bonds is 5. The van der Waals surface area contributed by atoms with E-state index in [-0.39, 0.29) is 5.69 Å². The maximum atomic E-state index is 12.0. The number of aliphatic hydroxyl groups excluding tert-OH is 1. The number of nitrogens with one attached hydrogen (secondary N) is 1. The largest absolute Gasteiger partial charge is 0.397 e. The van der Waals surface area contributed by atoms with Gasteiger partial charge < -0.3 is 20.7 Å². The minimum absolute atomic E-state index is 0.284. The maximum absolute atomic E-state index is 12.0. The molecule has 1 aromatic heterocycles. The topological polar surface area (TPSA) is 80.3 Å². The number of aliphatic hydroxyl groups is 1. The number of anilines is 1. The van der Waals surface area contributed by atoms with Gasteiger partial charge in [-0.15, -0.1) is 0 Å². The summed E-state index contributed by atoms with van der Waals surface area (Å²) in [6.45, 7) is 1.87. The van der Waals surface area contributed by atoms with Crippen molar-refractivity contribution in [2.75, 3.05) is 12.3 Å². The predicted octanol–water partition coefficient (Wildman–Crippen LogP) is 0.446. The Morgan fingerprint density at radius 3 is 2.82 bits per heavy atom. The highest BCUT2D eigenvalue weighted by molar-refractivity contribution is 5.93. The first kappa shape index (κ1) is 13.4. The van der Waals surface area contributed by atoms with Crippen LogP contribution in [0.25, 0.3) is 0 Å². The Labute approximate surface area is 97.2 Å². The lowest BCUT2D eigenvalue weighted by molar-refractivity contribution is -0.00274. The summed E-state index contributed by atoms with van der Waals surface area (Å²) in [6.07, 6.45) is -3.15. The molecule has 1 atom stereocenters. The normalized spacial score (nSPS) is 12.8. The van der Waals surface area contributed by atoms with E-state index in [9.17, 15) is 13.6 Å². The van der Waals surface area contributed by atoms with Gasteiger partial charge in [-0.25, -0.2) is 8.78 Å². The summed E-state index contributed by atoms with van der Waals surface area (Å²) in [4.78, 5) is 11.6. The van der Waals surface area contributed by atoms with E-state index < -0.39 is 25.0 Å². The quantitative estimate of drug-likeness (QED) is 0.706. The fourth-order valence-electron chi connectivity index (χ4n) is 1.36. The Morgan fingerprint density at radius 2 is 2.29 bits per heavy atom. The predicted molar refractivity (Wildman–Crippen MR) is 58.9 cm³/mol. The standard InChI is InChI=1S/C10H15F2N3O2/c1-2-15-5-6(13)3-7(15)10(17)14-4-8(16)9(11)12/h3,5,8-9,16H,2,4,13H2,1H3,(H,14,17). The Balaban J connectivity index is 2.63. The van der Waals surface area contributed by atoms with Gasteiger partial charge in [0, 0.05) is 19.3 Å². The van der Waals surface area contributed by atoms with Crippen molar-refractivity contribution in [2.45, 2.75) is 26.0 Å². The van der Waals surface area contributed by atoms with E-state index >= 15 is 0 Å². The lowest BCUT2D eigenvalue weighted by atomic mass is 10.3. The van der Waals surface area contributed by atoms with Gasteiger partial charge >= 0.3 is 0 Å². The van der Waals surface area contributed by atoms with Gasteiger partial charge in [-0.1, -0.05) is 0 Å². The third-order valence-electron chi connectivity index (χ3n) is 2.25. The van der Waals surface area contributed by atoms with Gasteiger partial charge in [0.1, 0.15) is 11.8 Å². The number of carbonyl (C=O) groups excluding carboxylic acids is 1. The molecule has 0 spiro atoms. The fraction of sp³-hybridized carbons (Fsp3) is 0.500. The summed E-state index contributed by atoms with van der Waals surface area (Å²) in [5.41, 5.74) is 6.23. The fourth-order valence-corrected chi connectivity index (χ4v) is 1.36. The Hall–Kier alpha value is -1.63. The first-order valence-electron chi connectivity index (χ1n) is 5.15. The first-order chi connectivity index (χ1) is 7.95. The third-order valence-corrected chi connectivity index (χ3v) is 2.25. The molecule has 96 valence electrons. The van der Waals surface area contributed by atoms with Crippen LogP contribution in [0.5, 0.6) is 0 Å². The summed E-state index contributed by atoms with van der Waals surface area (Å²) in [6, 6.07) is 1.45. The number of nitrogens with two attached hydrogens (primary N) is 1. The van der Waals surface area contributed by atoms with E-state index in [1.807, 2.05) is 6.92 Å². The van der Waals surface area contributed by atoms with Crippen LogP contribution < -0.4 is 11.1 Å². The number of nitrogen functional groups attached to an aromatic ring is 1. The highest BCUT2D eigenvalue weighted by atomic mass is 19.3. The van der Waals surface area contributed by atoms with Gasteiger partial charge in [-0.2, -0.15) is 0 Å². The Morgan fingerprint density at radius 1 is 1.65 bits per heavy atom.